The van der Waals surface area contributed by atoms with Gasteiger partial charge in [0.05, 0.1) is 5.54 Å². The number of nitrogens with zero attached hydrogens (tertiary/aromatic N) is 1. The lowest BCUT2D eigenvalue weighted by atomic mass is 9.99. The maximum Gasteiger partial charge on any atom is 0.161 e. The van der Waals surface area contributed by atoms with Gasteiger partial charge in [-0.1, -0.05) is 18.3 Å². The van der Waals surface area contributed by atoms with Gasteiger partial charge in [-0.3, -0.25) is 4.90 Å². The van der Waals surface area contributed by atoms with E-state index in [1.807, 2.05) is 6.26 Å². The number of hydrogen-bond donors (Lipinski definition) is 1. The van der Waals surface area contributed by atoms with Gasteiger partial charge in [0.15, 0.2) is 5.44 Å². The fraction of sp³-hybridized carbons (Fsp3) is 0.833. The highest BCUT2D eigenvalue weighted by molar-refractivity contribution is 7.99. The number of rotatable bonds is 2. The van der Waals surface area contributed by atoms with Crippen molar-refractivity contribution in [3.05, 3.63) is 0 Å². The van der Waals surface area contributed by atoms with Crippen LogP contribution in [-0.2, 0) is 0 Å². The van der Waals surface area contributed by atoms with E-state index in [0.29, 0.717) is 0 Å². The Labute approximate surface area is 97.4 Å². The van der Waals surface area contributed by atoms with E-state index in [4.69, 9.17) is 0 Å². The van der Waals surface area contributed by atoms with Crippen LogP contribution >= 0.6 is 11.8 Å². The minimum Gasteiger partial charge on any atom is -0.371 e. The second kappa shape index (κ2) is 5.79. The number of hydrogen-bond acceptors (Lipinski definition) is 3. The van der Waals surface area contributed by atoms with Gasteiger partial charge in [-0.25, -0.2) is 0 Å². The Morgan fingerprint density at radius 2 is 1.87 bits per heavy atom. The predicted molar refractivity (Wildman–Crippen MR) is 66.8 cm³/mol. The zero-order valence-electron chi connectivity index (χ0n) is 9.92. The van der Waals surface area contributed by atoms with Crippen molar-refractivity contribution in [1.82, 2.24) is 4.90 Å². The highest BCUT2D eigenvalue weighted by Gasteiger charge is 2.25. The van der Waals surface area contributed by atoms with E-state index in [0.717, 1.165) is 13.1 Å². The van der Waals surface area contributed by atoms with Gasteiger partial charge in [-0.2, -0.15) is 0 Å². The monoisotopic (exact) mass is 227 g/mol. The Morgan fingerprint density at radius 1 is 1.27 bits per heavy atom. The van der Waals surface area contributed by atoms with Crippen LogP contribution in [-0.4, -0.2) is 40.3 Å². The van der Waals surface area contributed by atoms with Gasteiger partial charge in [0.25, 0.3) is 0 Å². The van der Waals surface area contributed by atoms with Crippen molar-refractivity contribution in [2.24, 2.45) is 0 Å². The lowest BCUT2D eigenvalue weighted by molar-refractivity contribution is 0.139. The molecule has 1 aliphatic rings. The molecule has 1 rings (SSSR count). The lowest BCUT2D eigenvalue weighted by Crippen LogP contribution is -2.45. The lowest BCUT2D eigenvalue weighted by Gasteiger charge is -2.37. The van der Waals surface area contributed by atoms with Gasteiger partial charge >= 0.3 is 0 Å². The molecule has 0 bridgehead atoms. The van der Waals surface area contributed by atoms with Crippen LogP contribution in [0.5, 0.6) is 0 Å². The summed E-state index contributed by atoms with van der Waals surface area (Å²) in [5.41, 5.74) is -0.647. The van der Waals surface area contributed by atoms with E-state index in [1.54, 1.807) is 0 Å². The first-order chi connectivity index (χ1) is 7.06. The molecule has 0 spiro atoms. The van der Waals surface area contributed by atoms with Crippen LogP contribution in [0.4, 0.5) is 0 Å². The van der Waals surface area contributed by atoms with E-state index in [2.05, 4.69) is 30.6 Å². The summed E-state index contributed by atoms with van der Waals surface area (Å²) in [6.07, 6.45) is 5.76. The Morgan fingerprint density at radius 3 is 2.40 bits per heavy atom. The maximum atomic E-state index is 9.39. The summed E-state index contributed by atoms with van der Waals surface area (Å²) < 4.78 is 0. The number of aliphatic hydroxyl groups excluding tert-OH is 1. The third-order valence-corrected chi connectivity index (χ3v) is 3.44. The first kappa shape index (κ1) is 12.9. The second-order valence-electron chi connectivity index (χ2n) is 4.46. The Bertz CT molecular complexity index is 248. The molecular weight excluding hydrogens is 206 g/mol. The van der Waals surface area contributed by atoms with Gasteiger partial charge in [-0.15, -0.1) is 11.8 Å². The highest BCUT2D eigenvalue weighted by Crippen LogP contribution is 2.19. The first-order valence-electron chi connectivity index (χ1n) is 5.55. The van der Waals surface area contributed by atoms with E-state index in [9.17, 15) is 5.11 Å². The third-order valence-electron chi connectivity index (χ3n) is 2.87. The van der Waals surface area contributed by atoms with Gasteiger partial charge in [0.2, 0.25) is 0 Å². The minimum absolute atomic E-state index is 0.100. The average Bonchev–Trinajstić information content (AvgIpc) is 2.27. The number of likely N-dealkylation sites (tertiary alicyclic amines) is 1. The van der Waals surface area contributed by atoms with Crippen molar-refractivity contribution in [2.75, 3.05) is 19.3 Å². The van der Waals surface area contributed by atoms with Crippen LogP contribution in [0, 0.1) is 11.8 Å². The van der Waals surface area contributed by atoms with Crippen LogP contribution in [0.1, 0.15) is 33.1 Å². The summed E-state index contributed by atoms with van der Waals surface area (Å²) >= 11 is 1.38. The van der Waals surface area contributed by atoms with Crippen molar-refractivity contribution in [2.45, 2.75) is 44.1 Å². The number of thioether (sulfide) groups is 1. The van der Waals surface area contributed by atoms with E-state index >= 15 is 0 Å². The molecule has 0 aromatic carbocycles. The summed E-state index contributed by atoms with van der Waals surface area (Å²) in [6, 6.07) is 0. The molecule has 1 fully saturated rings. The van der Waals surface area contributed by atoms with Crippen molar-refractivity contribution in [3.63, 3.8) is 0 Å². The van der Waals surface area contributed by atoms with Gasteiger partial charge < -0.3 is 5.11 Å². The topological polar surface area (TPSA) is 23.5 Å². The van der Waals surface area contributed by atoms with E-state index in [-0.39, 0.29) is 5.54 Å². The molecule has 1 saturated heterocycles. The van der Waals surface area contributed by atoms with Gasteiger partial charge in [-0.05, 0) is 46.0 Å². The molecule has 2 nitrogen and oxygen atoms in total. The van der Waals surface area contributed by atoms with Gasteiger partial charge in [0, 0.05) is 0 Å². The van der Waals surface area contributed by atoms with Crippen LogP contribution in [0.2, 0.25) is 0 Å². The molecular formula is C12H21NOS. The third kappa shape index (κ3) is 4.06. The van der Waals surface area contributed by atoms with Crippen LogP contribution in [0.25, 0.3) is 0 Å². The zero-order valence-corrected chi connectivity index (χ0v) is 10.7. The maximum absolute atomic E-state index is 9.39. The normalized spacial score (nSPS) is 20.5. The van der Waals surface area contributed by atoms with Crippen molar-refractivity contribution < 1.29 is 5.11 Å². The van der Waals surface area contributed by atoms with Crippen molar-refractivity contribution >= 4 is 11.8 Å². The second-order valence-corrected chi connectivity index (χ2v) is 5.38. The highest BCUT2D eigenvalue weighted by atomic mass is 32.2. The van der Waals surface area contributed by atoms with Crippen molar-refractivity contribution in [1.29, 1.82) is 0 Å². The fourth-order valence-corrected chi connectivity index (χ4v) is 2.01. The van der Waals surface area contributed by atoms with Crippen molar-refractivity contribution in [3.8, 4) is 11.8 Å². The molecule has 0 aliphatic carbocycles. The van der Waals surface area contributed by atoms with E-state index in [1.165, 1.54) is 31.0 Å². The average molecular weight is 227 g/mol. The number of aliphatic hydroxyl groups is 1. The summed E-state index contributed by atoms with van der Waals surface area (Å²) in [7, 11) is 0. The molecule has 15 heavy (non-hydrogen) atoms. The molecule has 0 aromatic rings. The van der Waals surface area contributed by atoms with Crippen LogP contribution < -0.4 is 0 Å². The largest absolute Gasteiger partial charge is 0.371 e. The molecule has 0 saturated carbocycles. The Kier molecular flexibility index (Phi) is 4.98. The molecule has 1 heterocycles. The molecule has 1 N–H and O–H groups in total. The minimum atomic E-state index is -0.547. The van der Waals surface area contributed by atoms with E-state index < -0.39 is 5.44 Å². The number of piperidine rings is 1. The standard InChI is InChI=1S/C12H21NOS/c1-12(2,8-7-11(14)15-3)13-9-5-4-6-10-13/h11,14H,4-6,9-10H2,1-3H3. The quantitative estimate of drug-likeness (QED) is 0.576. The summed E-state index contributed by atoms with van der Waals surface area (Å²) in [5, 5.41) is 9.39. The van der Waals surface area contributed by atoms with Crippen LogP contribution in [0.3, 0.4) is 0 Å². The molecule has 1 aliphatic heterocycles. The zero-order chi connectivity index (χ0) is 11.3. The first-order valence-corrected chi connectivity index (χ1v) is 6.83. The Hall–Kier alpha value is -0.170. The predicted octanol–water partition coefficient (Wildman–Crippen LogP) is 1.94. The SMILES string of the molecule is CSC(O)C#CC(C)(C)N1CCCCC1. The molecule has 0 radical (unpaired) electrons. The molecule has 3 heteroatoms. The summed E-state index contributed by atoms with van der Waals surface area (Å²) in [4.78, 5) is 2.41. The fourth-order valence-electron chi connectivity index (χ4n) is 1.83. The smallest absolute Gasteiger partial charge is 0.161 e. The Balaban J connectivity index is 2.58. The van der Waals surface area contributed by atoms with Crippen LogP contribution in [0.15, 0.2) is 0 Å². The molecule has 0 amide bonds. The summed E-state index contributed by atoms with van der Waals surface area (Å²) in [6.45, 7) is 6.55. The molecule has 86 valence electrons. The molecule has 0 aromatic heterocycles. The molecule has 1 unspecified atom stereocenters. The summed E-state index contributed by atoms with van der Waals surface area (Å²) in [5.74, 6) is 6.08. The molecule has 1 atom stereocenters. The van der Waals surface area contributed by atoms with Gasteiger partial charge in [0.1, 0.15) is 0 Å².